The first-order valence-corrected chi connectivity index (χ1v) is 5.99. The summed E-state index contributed by atoms with van der Waals surface area (Å²) in [7, 11) is 1.63. The molecular weight excluding hydrogens is 273 g/mol. The zero-order valence-corrected chi connectivity index (χ0v) is 10.7. The molecule has 1 aliphatic rings. The predicted octanol–water partition coefficient (Wildman–Crippen LogP) is 1.67. The van der Waals surface area contributed by atoms with Gasteiger partial charge in [0, 0.05) is 25.6 Å². The average Bonchev–Trinajstić information content (AvgIpc) is 2.67. The van der Waals surface area contributed by atoms with Gasteiger partial charge in [0.15, 0.2) is 0 Å². The number of alkyl halides is 3. The van der Waals surface area contributed by atoms with E-state index in [-0.39, 0.29) is 23.9 Å². The molecule has 1 atom stereocenters. The summed E-state index contributed by atoms with van der Waals surface area (Å²) in [6, 6.07) is 3.67. The fourth-order valence-electron chi connectivity index (χ4n) is 2.04. The standard InChI is InChI=1S/C13H13F3N2O2/c1-18-7-10(6-11(18)19)17-12(20)8-2-4-9(5-3-8)13(14,15)16/h2-5,10H,6-7H2,1H3,(H,17,20). The number of benzene rings is 1. The highest BCUT2D eigenvalue weighted by atomic mass is 19.4. The monoisotopic (exact) mass is 286 g/mol. The van der Waals surface area contributed by atoms with Crippen LogP contribution in [0.15, 0.2) is 24.3 Å². The molecule has 1 aromatic carbocycles. The summed E-state index contributed by atoms with van der Waals surface area (Å²) in [5, 5.41) is 2.63. The number of amides is 2. The highest BCUT2D eigenvalue weighted by Gasteiger charge is 2.31. The Labute approximate surface area is 113 Å². The zero-order valence-electron chi connectivity index (χ0n) is 10.7. The lowest BCUT2D eigenvalue weighted by molar-refractivity contribution is -0.137. The molecule has 2 amide bonds. The van der Waals surface area contributed by atoms with E-state index in [1.54, 1.807) is 7.05 Å². The third kappa shape index (κ3) is 3.09. The number of carbonyl (C=O) groups is 2. The van der Waals surface area contributed by atoms with E-state index in [9.17, 15) is 22.8 Å². The van der Waals surface area contributed by atoms with Crippen molar-refractivity contribution >= 4 is 11.8 Å². The Balaban J connectivity index is 2.01. The first-order valence-electron chi connectivity index (χ1n) is 5.99. The van der Waals surface area contributed by atoms with Crippen molar-refractivity contribution in [3.05, 3.63) is 35.4 Å². The largest absolute Gasteiger partial charge is 0.416 e. The van der Waals surface area contributed by atoms with Crippen LogP contribution in [0.1, 0.15) is 22.3 Å². The molecule has 0 radical (unpaired) electrons. The third-order valence-electron chi connectivity index (χ3n) is 3.15. The molecule has 4 nitrogen and oxygen atoms in total. The summed E-state index contributed by atoms with van der Waals surface area (Å²) in [5.74, 6) is -0.547. The molecule has 0 spiro atoms. The highest BCUT2D eigenvalue weighted by molar-refractivity contribution is 5.95. The third-order valence-corrected chi connectivity index (χ3v) is 3.15. The Morgan fingerprint density at radius 3 is 2.35 bits per heavy atom. The molecule has 1 unspecified atom stereocenters. The van der Waals surface area contributed by atoms with Crippen molar-refractivity contribution in [2.24, 2.45) is 0 Å². The van der Waals surface area contributed by atoms with E-state index in [2.05, 4.69) is 5.32 Å². The van der Waals surface area contributed by atoms with Crippen LogP contribution in [-0.4, -0.2) is 36.3 Å². The highest BCUT2D eigenvalue weighted by Crippen LogP contribution is 2.29. The van der Waals surface area contributed by atoms with Crippen LogP contribution in [0.2, 0.25) is 0 Å². The van der Waals surface area contributed by atoms with Gasteiger partial charge in [0.05, 0.1) is 11.6 Å². The Morgan fingerprint density at radius 2 is 1.90 bits per heavy atom. The van der Waals surface area contributed by atoms with E-state index >= 15 is 0 Å². The molecule has 0 aliphatic carbocycles. The van der Waals surface area contributed by atoms with Crippen molar-refractivity contribution < 1.29 is 22.8 Å². The Bertz CT molecular complexity index is 525. The van der Waals surface area contributed by atoms with Crippen LogP contribution >= 0.6 is 0 Å². The van der Waals surface area contributed by atoms with Gasteiger partial charge in [-0.05, 0) is 24.3 Å². The predicted molar refractivity (Wildman–Crippen MR) is 65.0 cm³/mol. The van der Waals surface area contributed by atoms with Crippen LogP contribution in [0.3, 0.4) is 0 Å². The lowest BCUT2D eigenvalue weighted by atomic mass is 10.1. The van der Waals surface area contributed by atoms with Crippen LogP contribution < -0.4 is 5.32 Å². The van der Waals surface area contributed by atoms with Gasteiger partial charge in [-0.1, -0.05) is 0 Å². The number of nitrogens with zero attached hydrogens (tertiary/aromatic N) is 1. The second kappa shape index (κ2) is 5.15. The molecule has 1 aliphatic heterocycles. The van der Waals surface area contributed by atoms with Crippen molar-refractivity contribution in [2.45, 2.75) is 18.6 Å². The van der Waals surface area contributed by atoms with Gasteiger partial charge in [0.25, 0.3) is 5.91 Å². The molecule has 1 aromatic rings. The topological polar surface area (TPSA) is 49.4 Å². The Hall–Kier alpha value is -2.05. The van der Waals surface area contributed by atoms with E-state index in [1.807, 2.05) is 0 Å². The van der Waals surface area contributed by atoms with Gasteiger partial charge in [-0.25, -0.2) is 0 Å². The lowest BCUT2D eigenvalue weighted by Gasteiger charge is -2.13. The number of halogens is 3. The SMILES string of the molecule is CN1CC(NC(=O)c2ccc(C(F)(F)F)cc2)CC1=O. The summed E-state index contributed by atoms with van der Waals surface area (Å²) >= 11 is 0. The Kier molecular flexibility index (Phi) is 3.69. The minimum absolute atomic E-state index is 0.0669. The van der Waals surface area contributed by atoms with Crippen molar-refractivity contribution in [3.63, 3.8) is 0 Å². The summed E-state index contributed by atoms with van der Waals surface area (Å²) < 4.78 is 37.2. The first-order chi connectivity index (χ1) is 9.27. The van der Waals surface area contributed by atoms with E-state index < -0.39 is 17.6 Å². The summed E-state index contributed by atoms with van der Waals surface area (Å²) in [6.07, 6.45) is -4.21. The van der Waals surface area contributed by atoms with E-state index in [1.165, 1.54) is 4.90 Å². The van der Waals surface area contributed by atoms with Gasteiger partial charge in [-0.15, -0.1) is 0 Å². The smallest absolute Gasteiger partial charge is 0.347 e. The molecule has 0 bridgehead atoms. The molecule has 20 heavy (non-hydrogen) atoms. The lowest BCUT2D eigenvalue weighted by Crippen LogP contribution is -2.36. The molecule has 0 saturated carbocycles. The quantitative estimate of drug-likeness (QED) is 0.899. The first kappa shape index (κ1) is 14.4. The summed E-state index contributed by atoms with van der Waals surface area (Å²) in [4.78, 5) is 24.7. The zero-order chi connectivity index (χ0) is 14.9. The summed E-state index contributed by atoms with van der Waals surface area (Å²) in [5.41, 5.74) is -0.662. The van der Waals surface area contributed by atoms with Gasteiger partial charge in [-0.2, -0.15) is 13.2 Å². The molecule has 1 N–H and O–H groups in total. The number of hydrogen-bond acceptors (Lipinski definition) is 2. The van der Waals surface area contributed by atoms with Crippen LogP contribution in [0.25, 0.3) is 0 Å². The molecule has 2 rings (SSSR count). The minimum atomic E-state index is -4.42. The molecular formula is C13H13F3N2O2. The average molecular weight is 286 g/mol. The second-order valence-electron chi connectivity index (χ2n) is 4.72. The van der Waals surface area contributed by atoms with Gasteiger partial charge in [0.2, 0.25) is 5.91 Å². The van der Waals surface area contributed by atoms with E-state index in [0.717, 1.165) is 24.3 Å². The fraction of sp³-hybridized carbons (Fsp3) is 0.385. The molecule has 7 heteroatoms. The second-order valence-corrected chi connectivity index (χ2v) is 4.72. The number of carbonyl (C=O) groups excluding carboxylic acids is 2. The fourth-order valence-corrected chi connectivity index (χ4v) is 2.04. The van der Waals surface area contributed by atoms with Gasteiger partial charge < -0.3 is 10.2 Å². The number of nitrogens with one attached hydrogen (secondary N) is 1. The number of rotatable bonds is 2. The maximum Gasteiger partial charge on any atom is 0.416 e. The van der Waals surface area contributed by atoms with Crippen molar-refractivity contribution in [2.75, 3.05) is 13.6 Å². The van der Waals surface area contributed by atoms with E-state index in [0.29, 0.717) is 6.54 Å². The summed E-state index contributed by atoms with van der Waals surface area (Å²) in [6.45, 7) is 0.408. The van der Waals surface area contributed by atoms with Crippen LogP contribution in [0.5, 0.6) is 0 Å². The van der Waals surface area contributed by atoms with Gasteiger partial charge >= 0.3 is 6.18 Å². The van der Waals surface area contributed by atoms with Crippen LogP contribution in [0.4, 0.5) is 13.2 Å². The van der Waals surface area contributed by atoms with Crippen LogP contribution in [-0.2, 0) is 11.0 Å². The van der Waals surface area contributed by atoms with E-state index in [4.69, 9.17) is 0 Å². The molecule has 1 heterocycles. The van der Waals surface area contributed by atoms with Gasteiger partial charge in [0.1, 0.15) is 0 Å². The maximum absolute atomic E-state index is 12.4. The normalized spacial score (nSPS) is 19.3. The molecule has 1 saturated heterocycles. The number of hydrogen-bond donors (Lipinski definition) is 1. The van der Waals surface area contributed by atoms with Gasteiger partial charge in [-0.3, -0.25) is 9.59 Å². The van der Waals surface area contributed by atoms with Crippen molar-refractivity contribution in [1.82, 2.24) is 10.2 Å². The number of likely N-dealkylation sites (tertiary alicyclic amines) is 1. The van der Waals surface area contributed by atoms with Crippen molar-refractivity contribution in [3.8, 4) is 0 Å². The minimum Gasteiger partial charge on any atom is -0.347 e. The molecule has 108 valence electrons. The Morgan fingerprint density at radius 1 is 1.30 bits per heavy atom. The molecule has 0 aromatic heterocycles. The van der Waals surface area contributed by atoms with Crippen LogP contribution in [0, 0.1) is 0 Å². The number of likely N-dealkylation sites (N-methyl/N-ethyl adjacent to an activating group) is 1. The van der Waals surface area contributed by atoms with Crippen molar-refractivity contribution in [1.29, 1.82) is 0 Å². The molecule has 1 fully saturated rings. The maximum atomic E-state index is 12.4.